The number of nitrogens with zero attached hydrogens (tertiary/aromatic N) is 1. The third kappa shape index (κ3) is 4.93. The predicted octanol–water partition coefficient (Wildman–Crippen LogP) is 3.25. The molecule has 0 spiro atoms. The van der Waals surface area contributed by atoms with E-state index in [-0.39, 0.29) is 23.3 Å². The maximum Gasteiger partial charge on any atom is 0.243 e. The zero-order chi connectivity index (χ0) is 20.4. The molecule has 1 N–H and O–H groups in total. The first-order chi connectivity index (χ1) is 12.5. The Hall–Kier alpha value is -2.25. The number of sulfonamides is 1. The van der Waals surface area contributed by atoms with E-state index >= 15 is 0 Å². The van der Waals surface area contributed by atoms with Gasteiger partial charge in [-0.05, 0) is 56.5 Å². The van der Waals surface area contributed by atoms with Gasteiger partial charge in [0.2, 0.25) is 15.9 Å². The lowest BCUT2D eigenvalue weighted by Gasteiger charge is -2.21. The standard InChI is InChI=1S/C20H25FN2O3S/c1-13-10-14(2)20(15(3)11-13)27(25,26)23(5)12-19(24)22-16(4)17-6-8-18(21)9-7-17/h6-11,16H,12H2,1-5H3,(H,22,24). The molecule has 7 heteroatoms. The highest BCUT2D eigenvalue weighted by Gasteiger charge is 2.27. The van der Waals surface area contributed by atoms with Crippen molar-refractivity contribution in [3.8, 4) is 0 Å². The molecule has 5 nitrogen and oxygen atoms in total. The van der Waals surface area contributed by atoms with E-state index in [1.165, 1.54) is 19.2 Å². The number of hydrogen-bond acceptors (Lipinski definition) is 3. The van der Waals surface area contributed by atoms with Crippen molar-refractivity contribution in [3.05, 3.63) is 64.5 Å². The molecule has 0 aliphatic heterocycles. The van der Waals surface area contributed by atoms with Crippen LogP contribution in [0, 0.1) is 26.6 Å². The van der Waals surface area contributed by atoms with Crippen LogP contribution < -0.4 is 5.32 Å². The first-order valence-electron chi connectivity index (χ1n) is 8.61. The zero-order valence-corrected chi connectivity index (χ0v) is 17.0. The van der Waals surface area contributed by atoms with Crippen LogP contribution >= 0.6 is 0 Å². The van der Waals surface area contributed by atoms with Crippen LogP contribution in [0.4, 0.5) is 4.39 Å². The third-order valence-corrected chi connectivity index (χ3v) is 6.50. The summed E-state index contributed by atoms with van der Waals surface area (Å²) < 4.78 is 39.9. The van der Waals surface area contributed by atoms with Crippen molar-refractivity contribution in [1.82, 2.24) is 9.62 Å². The minimum absolute atomic E-state index is 0.231. The van der Waals surface area contributed by atoms with Gasteiger partial charge in [-0.1, -0.05) is 29.8 Å². The number of aryl methyl sites for hydroxylation is 3. The highest BCUT2D eigenvalue weighted by Crippen LogP contribution is 2.24. The van der Waals surface area contributed by atoms with Crippen LogP contribution in [0.3, 0.4) is 0 Å². The Kier molecular flexibility index (Phi) is 6.38. The van der Waals surface area contributed by atoms with Crippen LogP contribution in [-0.4, -0.2) is 32.2 Å². The van der Waals surface area contributed by atoms with Crippen LogP contribution in [-0.2, 0) is 14.8 Å². The fraction of sp³-hybridized carbons (Fsp3) is 0.350. The average molecular weight is 392 g/mol. The Bertz CT molecular complexity index is 917. The second-order valence-electron chi connectivity index (χ2n) is 6.83. The van der Waals surface area contributed by atoms with Crippen molar-refractivity contribution in [3.63, 3.8) is 0 Å². The summed E-state index contributed by atoms with van der Waals surface area (Å²) in [5.41, 5.74) is 3.02. The fourth-order valence-corrected chi connectivity index (χ4v) is 4.67. The molecule has 1 unspecified atom stereocenters. The molecule has 2 aromatic rings. The highest BCUT2D eigenvalue weighted by atomic mass is 32.2. The molecule has 2 rings (SSSR count). The number of likely N-dealkylation sites (N-methyl/N-ethyl adjacent to an activating group) is 1. The summed E-state index contributed by atoms with van der Waals surface area (Å²) in [5.74, 6) is -0.785. The Balaban J connectivity index is 2.12. The number of hydrogen-bond donors (Lipinski definition) is 1. The van der Waals surface area contributed by atoms with Gasteiger partial charge in [-0.2, -0.15) is 4.31 Å². The van der Waals surface area contributed by atoms with Crippen LogP contribution in [0.15, 0.2) is 41.3 Å². The first-order valence-corrected chi connectivity index (χ1v) is 10.1. The zero-order valence-electron chi connectivity index (χ0n) is 16.2. The molecule has 27 heavy (non-hydrogen) atoms. The number of carbonyl (C=O) groups excluding carboxylic acids is 1. The van der Waals surface area contributed by atoms with E-state index in [0.717, 1.165) is 15.4 Å². The largest absolute Gasteiger partial charge is 0.348 e. The SMILES string of the molecule is Cc1cc(C)c(S(=O)(=O)N(C)CC(=O)NC(C)c2ccc(F)cc2)c(C)c1. The number of benzene rings is 2. The van der Waals surface area contributed by atoms with Crippen molar-refractivity contribution in [2.75, 3.05) is 13.6 Å². The number of nitrogens with one attached hydrogen (secondary N) is 1. The number of rotatable bonds is 6. The third-order valence-electron chi connectivity index (χ3n) is 4.39. The molecule has 0 aliphatic carbocycles. The van der Waals surface area contributed by atoms with Gasteiger partial charge >= 0.3 is 0 Å². The van der Waals surface area contributed by atoms with Gasteiger partial charge < -0.3 is 5.32 Å². The van der Waals surface area contributed by atoms with Crippen molar-refractivity contribution in [1.29, 1.82) is 0 Å². The van der Waals surface area contributed by atoms with Gasteiger partial charge in [0.15, 0.2) is 0 Å². The van der Waals surface area contributed by atoms with Crippen molar-refractivity contribution >= 4 is 15.9 Å². The second-order valence-corrected chi connectivity index (χ2v) is 8.81. The molecule has 0 saturated heterocycles. The molecule has 0 saturated carbocycles. The predicted molar refractivity (Wildman–Crippen MR) is 103 cm³/mol. The summed E-state index contributed by atoms with van der Waals surface area (Å²) in [6.07, 6.45) is 0. The Morgan fingerprint density at radius 2 is 1.63 bits per heavy atom. The van der Waals surface area contributed by atoms with E-state index in [9.17, 15) is 17.6 Å². The van der Waals surface area contributed by atoms with E-state index < -0.39 is 15.9 Å². The molecule has 0 bridgehead atoms. The molecule has 0 heterocycles. The summed E-state index contributed by atoms with van der Waals surface area (Å²) in [4.78, 5) is 12.5. The Morgan fingerprint density at radius 1 is 1.11 bits per heavy atom. The van der Waals surface area contributed by atoms with E-state index in [0.29, 0.717) is 11.1 Å². The molecule has 0 radical (unpaired) electrons. The molecule has 0 fully saturated rings. The molecule has 0 aromatic heterocycles. The lowest BCUT2D eigenvalue weighted by atomic mass is 10.1. The Labute approximate surface area is 160 Å². The minimum atomic E-state index is -3.80. The lowest BCUT2D eigenvalue weighted by Crippen LogP contribution is -2.39. The van der Waals surface area contributed by atoms with Crippen molar-refractivity contribution < 1.29 is 17.6 Å². The van der Waals surface area contributed by atoms with E-state index in [1.807, 2.05) is 19.1 Å². The summed E-state index contributed by atoms with van der Waals surface area (Å²) in [6, 6.07) is 9.06. The summed E-state index contributed by atoms with van der Waals surface area (Å²) in [5, 5.41) is 2.74. The quantitative estimate of drug-likeness (QED) is 0.821. The monoisotopic (exact) mass is 392 g/mol. The fourth-order valence-electron chi connectivity index (χ4n) is 3.14. The van der Waals surface area contributed by atoms with Crippen LogP contribution in [0.1, 0.15) is 35.2 Å². The number of halogens is 1. The van der Waals surface area contributed by atoms with Gasteiger partial charge in [0.05, 0.1) is 17.5 Å². The first kappa shape index (κ1) is 21.1. The summed E-state index contributed by atoms with van der Waals surface area (Å²) in [6.45, 7) is 6.85. The lowest BCUT2D eigenvalue weighted by molar-refractivity contribution is -0.121. The normalized spacial score (nSPS) is 12.9. The van der Waals surface area contributed by atoms with Gasteiger partial charge in [-0.25, -0.2) is 12.8 Å². The van der Waals surface area contributed by atoms with E-state index in [4.69, 9.17) is 0 Å². The topological polar surface area (TPSA) is 66.5 Å². The molecular weight excluding hydrogens is 367 g/mol. The second kappa shape index (κ2) is 8.19. The van der Waals surface area contributed by atoms with Crippen LogP contribution in [0.25, 0.3) is 0 Å². The van der Waals surface area contributed by atoms with Gasteiger partial charge in [0.25, 0.3) is 0 Å². The van der Waals surface area contributed by atoms with Crippen molar-refractivity contribution in [2.45, 2.75) is 38.6 Å². The summed E-state index contributed by atoms with van der Waals surface area (Å²) in [7, 11) is -2.41. The van der Waals surface area contributed by atoms with Gasteiger partial charge in [0, 0.05) is 7.05 Å². The van der Waals surface area contributed by atoms with Gasteiger partial charge in [-0.3, -0.25) is 4.79 Å². The number of carbonyl (C=O) groups is 1. The summed E-state index contributed by atoms with van der Waals surface area (Å²) >= 11 is 0. The molecule has 1 amide bonds. The van der Waals surface area contributed by atoms with Gasteiger partial charge in [0.1, 0.15) is 5.82 Å². The molecule has 0 aliphatic rings. The van der Waals surface area contributed by atoms with Crippen LogP contribution in [0.5, 0.6) is 0 Å². The molecular formula is C20H25FN2O3S. The average Bonchev–Trinajstić information content (AvgIpc) is 2.53. The molecule has 1 atom stereocenters. The molecule has 2 aromatic carbocycles. The number of amides is 1. The minimum Gasteiger partial charge on any atom is -0.348 e. The van der Waals surface area contributed by atoms with Crippen molar-refractivity contribution in [2.24, 2.45) is 0 Å². The van der Waals surface area contributed by atoms with E-state index in [1.54, 1.807) is 32.9 Å². The maximum absolute atomic E-state index is 13.0. The Morgan fingerprint density at radius 3 is 2.15 bits per heavy atom. The van der Waals surface area contributed by atoms with Gasteiger partial charge in [-0.15, -0.1) is 0 Å². The molecule has 146 valence electrons. The smallest absolute Gasteiger partial charge is 0.243 e. The maximum atomic E-state index is 13.0. The van der Waals surface area contributed by atoms with E-state index in [2.05, 4.69) is 5.32 Å². The van der Waals surface area contributed by atoms with Crippen LogP contribution in [0.2, 0.25) is 0 Å². The highest BCUT2D eigenvalue weighted by molar-refractivity contribution is 7.89.